The second kappa shape index (κ2) is 9.47. The highest BCUT2D eigenvalue weighted by Gasteiger charge is 2.15. The van der Waals surface area contributed by atoms with Crippen LogP contribution in [0.25, 0.3) is 22.0 Å². The molecule has 0 aliphatic heterocycles. The summed E-state index contributed by atoms with van der Waals surface area (Å²) in [7, 11) is 1.73. The number of nitrogens with one attached hydrogen (secondary N) is 1. The van der Waals surface area contributed by atoms with E-state index in [4.69, 9.17) is 4.74 Å². The molecule has 1 atom stereocenters. The van der Waals surface area contributed by atoms with Crippen LogP contribution in [-0.2, 0) is 9.53 Å². The van der Waals surface area contributed by atoms with Crippen molar-refractivity contribution in [3.63, 3.8) is 0 Å². The van der Waals surface area contributed by atoms with Gasteiger partial charge >= 0.3 is 0 Å². The second-order valence-electron chi connectivity index (χ2n) is 6.96. The zero-order valence-corrected chi connectivity index (χ0v) is 16.2. The van der Waals surface area contributed by atoms with Crippen LogP contribution in [0, 0.1) is 0 Å². The van der Waals surface area contributed by atoms with Gasteiger partial charge in [-0.25, -0.2) is 4.98 Å². The van der Waals surface area contributed by atoms with E-state index in [1.165, 1.54) is 10.8 Å². The normalized spacial score (nSPS) is 12.4. The van der Waals surface area contributed by atoms with Crippen LogP contribution >= 0.6 is 0 Å². The van der Waals surface area contributed by atoms with Gasteiger partial charge in [-0.15, -0.1) is 0 Å². The van der Waals surface area contributed by atoms with Gasteiger partial charge in [0.1, 0.15) is 17.7 Å². The Morgan fingerprint density at radius 1 is 1.11 bits per heavy atom. The first-order chi connectivity index (χ1) is 13.2. The number of Topliss-reactive ketones (excluding diaryl/α,β-unsaturated/α-hetero) is 1. The summed E-state index contributed by atoms with van der Waals surface area (Å²) in [5.74, 6) is 1.22. The van der Waals surface area contributed by atoms with Gasteiger partial charge in [0.15, 0.2) is 0 Å². The Morgan fingerprint density at radius 3 is 2.70 bits per heavy atom. The molecule has 27 heavy (non-hydrogen) atoms. The number of aromatic amines is 1. The molecule has 0 bridgehead atoms. The molecule has 142 valence electrons. The maximum absolute atomic E-state index is 11.4. The molecule has 0 aliphatic carbocycles. The number of fused-ring (bicyclic) bond motifs is 1. The number of methoxy groups -OCH3 is 1. The van der Waals surface area contributed by atoms with E-state index in [1.807, 2.05) is 13.1 Å². The topological polar surface area (TPSA) is 55.0 Å². The molecule has 3 aromatic rings. The van der Waals surface area contributed by atoms with E-state index in [-0.39, 0.29) is 6.10 Å². The van der Waals surface area contributed by atoms with Gasteiger partial charge in [-0.2, -0.15) is 0 Å². The number of benzene rings is 2. The maximum Gasteiger partial charge on any atom is 0.135 e. The molecule has 0 unspecified atom stereocenters. The van der Waals surface area contributed by atoms with Crippen molar-refractivity contribution in [3.05, 3.63) is 54.5 Å². The summed E-state index contributed by atoms with van der Waals surface area (Å²) in [6.45, 7) is 1.92. The number of imidazole rings is 1. The summed E-state index contributed by atoms with van der Waals surface area (Å²) in [5, 5.41) is 2.45. The number of aromatic nitrogens is 2. The second-order valence-corrected chi connectivity index (χ2v) is 6.96. The van der Waals surface area contributed by atoms with Crippen molar-refractivity contribution in [2.24, 2.45) is 0 Å². The molecule has 4 nitrogen and oxygen atoms in total. The van der Waals surface area contributed by atoms with Crippen LogP contribution in [0.5, 0.6) is 0 Å². The number of nitrogens with zero attached hydrogens (tertiary/aromatic N) is 1. The minimum atomic E-state index is -0.0407. The van der Waals surface area contributed by atoms with Gasteiger partial charge in [-0.05, 0) is 29.7 Å². The van der Waals surface area contributed by atoms with E-state index in [1.54, 1.807) is 7.11 Å². The van der Waals surface area contributed by atoms with Gasteiger partial charge in [0.25, 0.3) is 0 Å². The van der Waals surface area contributed by atoms with Crippen molar-refractivity contribution < 1.29 is 9.53 Å². The first-order valence-corrected chi connectivity index (χ1v) is 9.80. The number of carbonyl (C=O) groups excluding carboxylic acids is 1. The highest BCUT2D eigenvalue weighted by molar-refractivity contribution is 5.86. The quantitative estimate of drug-likeness (QED) is 0.459. The molecule has 0 spiro atoms. The average molecular weight is 364 g/mol. The van der Waals surface area contributed by atoms with Crippen LogP contribution in [0.2, 0.25) is 0 Å². The third kappa shape index (κ3) is 5.04. The molecule has 0 saturated carbocycles. The number of hydrogen-bond donors (Lipinski definition) is 1. The number of rotatable bonds is 10. The summed E-state index contributed by atoms with van der Waals surface area (Å²) >= 11 is 0. The van der Waals surface area contributed by atoms with E-state index in [0.29, 0.717) is 18.6 Å². The lowest BCUT2D eigenvalue weighted by Gasteiger charge is -2.12. The highest BCUT2D eigenvalue weighted by atomic mass is 16.5. The molecular weight excluding hydrogens is 336 g/mol. The Morgan fingerprint density at radius 2 is 1.93 bits per heavy atom. The third-order valence-corrected chi connectivity index (χ3v) is 5.06. The third-order valence-electron chi connectivity index (χ3n) is 5.06. The van der Waals surface area contributed by atoms with E-state index in [2.05, 4.69) is 52.4 Å². The molecular formula is C23H28N2O2. The van der Waals surface area contributed by atoms with Crippen LogP contribution < -0.4 is 0 Å². The smallest absolute Gasteiger partial charge is 0.135 e. The summed E-state index contributed by atoms with van der Waals surface area (Å²) in [4.78, 5) is 19.3. The van der Waals surface area contributed by atoms with E-state index in [0.717, 1.165) is 42.8 Å². The number of carbonyl (C=O) groups is 1. The summed E-state index contributed by atoms with van der Waals surface area (Å²) in [6, 6.07) is 14.8. The first-order valence-electron chi connectivity index (χ1n) is 9.80. The van der Waals surface area contributed by atoms with Crippen molar-refractivity contribution in [1.29, 1.82) is 0 Å². The number of ether oxygens (including phenoxy) is 1. The molecule has 0 saturated heterocycles. The molecule has 4 heteroatoms. The fourth-order valence-corrected chi connectivity index (χ4v) is 3.38. The largest absolute Gasteiger partial charge is 0.374 e. The molecule has 1 aromatic heterocycles. The van der Waals surface area contributed by atoms with Gasteiger partial charge in [0, 0.05) is 25.5 Å². The van der Waals surface area contributed by atoms with Crippen LogP contribution in [0.15, 0.2) is 48.7 Å². The van der Waals surface area contributed by atoms with Crippen LogP contribution in [-0.4, -0.2) is 22.9 Å². The first kappa shape index (κ1) is 19.3. The predicted molar refractivity (Wildman–Crippen MR) is 110 cm³/mol. The van der Waals surface area contributed by atoms with Gasteiger partial charge in [-0.1, -0.05) is 56.2 Å². The Balaban J connectivity index is 1.61. The van der Waals surface area contributed by atoms with E-state index >= 15 is 0 Å². The Hall–Kier alpha value is -2.46. The average Bonchev–Trinajstić information content (AvgIpc) is 3.20. The van der Waals surface area contributed by atoms with Crippen LogP contribution in [0.4, 0.5) is 0 Å². The summed E-state index contributed by atoms with van der Waals surface area (Å²) in [6.07, 6.45) is 7.12. The van der Waals surface area contributed by atoms with Crippen LogP contribution in [0.1, 0.15) is 57.4 Å². The SMILES string of the molecule is CCC(=O)CCCCC[C@@H](OC)c1ncc(-c2ccc3ccccc3c2)[nH]1. The molecule has 1 N–H and O–H groups in total. The number of ketones is 1. The molecule has 2 aromatic carbocycles. The van der Waals surface area contributed by atoms with Gasteiger partial charge < -0.3 is 9.72 Å². The predicted octanol–water partition coefficient (Wildman–Crippen LogP) is 5.85. The fourth-order valence-electron chi connectivity index (χ4n) is 3.38. The zero-order chi connectivity index (χ0) is 19.1. The standard InChI is InChI=1S/C23H28N2O2/c1-3-20(26)11-5-4-6-12-22(27-2)23-24-16-21(25-23)19-14-13-17-9-7-8-10-18(17)15-19/h7-10,13-16,22H,3-6,11-12H2,1-2H3,(H,24,25)/t22-/m1/s1. The lowest BCUT2D eigenvalue weighted by atomic mass is 10.1. The van der Waals surface area contributed by atoms with Crippen molar-refractivity contribution in [2.75, 3.05) is 7.11 Å². The monoisotopic (exact) mass is 364 g/mol. The Bertz CT molecular complexity index is 885. The van der Waals surface area contributed by atoms with Gasteiger partial charge in [-0.3, -0.25) is 4.79 Å². The lowest BCUT2D eigenvalue weighted by molar-refractivity contribution is -0.118. The van der Waals surface area contributed by atoms with Crippen molar-refractivity contribution in [1.82, 2.24) is 9.97 Å². The molecule has 0 amide bonds. The lowest BCUT2D eigenvalue weighted by Crippen LogP contribution is -2.04. The van der Waals surface area contributed by atoms with Crippen molar-refractivity contribution >= 4 is 16.6 Å². The van der Waals surface area contributed by atoms with Gasteiger partial charge in [0.2, 0.25) is 0 Å². The number of hydrogen-bond acceptors (Lipinski definition) is 3. The Kier molecular flexibility index (Phi) is 6.77. The number of unbranched alkanes of at least 4 members (excludes halogenated alkanes) is 2. The summed E-state index contributed by atoms with van der Waals surface area (Å²) in [5.41, 5.74) is 2.13. The molecule has 0 aliphatic rings. The highest BCUT2D eigenvalue weighted by Crippen LogP contribution is 2.26. The minimum absolute atomic E-state index is 0.0407. The molecule has 0 radical (unpaired) electrons. The van der Waals surface area contributed by atoms with Crippen LogP contribution in [0.3, 0.4) is 0 Å². The van der Waals surface area contributed by atoms with E-state index < -0.39 is 0 Å². The molecule has 3 rings (SSSR count). The molecule has 0 fully saturated rings. The minimum Gasteiger partial charge on any atom is -0.374 e. The maximum atomic E-state index is 11.4. The zero-order valence-electron chi connectivity index (χ0n) is 16.2. The summed E-state index contributed by atoms with van der Waals surface area (Å²) < 4.78 is 5.64. The fraction of sp³-hybridized carbons (Fsp3) is 0.391. The van der Waals surface area contributed by atoms with E-state index in [9.17, 15) is 4.79 Å². The molecule has 1 heterocycles. The van der Waals surface area contributed by atoms with Crippen molar-refractivity contribution in [2.45, 2.75) is 51.6 Å². The van der Waals surface area contributed by atoms with Crippen molar-refractivity contribution in [3.8, 4) is 11.3 Å². The number of H-pyrrole nitrogens is 1. The van der Waals surface area contributed by atoms with Gasteiger partial charge in [0.05, 0.1) is 11.9 Å². The Labute approximate surface area is 161 Å².